The first-order valence-corrected chi connectivity index (χ1v) is 5.23. The SMILES string of the molecule is Clc1cnc(-c2ccc(Cl)c(Cl)c2)cn1. The van der Waals surface area contributed by atoms with E-state index in [9.17, 15) is 0 Å². The van der Waals surface area contributed by atoms with Crippen molar-refractivity contribution in [2.45, 2.75) is 0 Å². The zero-order chi connectivity index (χ0) is 10.8. The highest BCUT2D eigenvalue weighted by Crippen LogP contribution is 2.27. The fourth-order valence-corrected chi connectivity index (χ4v) is 1.51. The third-order valence-electron chi connectivity index (χ3n) is 1.84. The Kier molecular flexibility index (Phi) is 3.10. The Balaban J connectivity index is 2.45. The summed E-state index contributed by atoms with van der Waals surface area (Å²) in [5.74, 6) is 0. The lowest BCUT2D eigenvalue weighted by molar-refractivity contribution is 1.21. The molecule has 1 aromatic heterocycles. The highest BCUT2D eigenvalue weighted by molar-refractivity contribution is 6.42. The minimum Gasteiger partial charge on any atom is -0.251 e. The third-order valence-corrected chi connectivity index (χ3v) is 2.77. The van der Waals surface area contributed by atoms with Gasteiger partial charge in [0, 0.05) is 5.56 Å². The van der Waals surface area contributed by atoms with Crippen LogP contribution in [0.5, 0.6) is 0 Å². The van der Waals surface area contributed by atoms with E-state index >= 15 is 0 Å². The molecule has 0 fully saturated rings. The van der Waals surface area contributed by atoms with Gasteiger partial charge in [-0.25, -0.2) is 4.98 Å². The van der Waals surface area contributed by atoms with E-state index in [1.165, 1.54) is 6.20 Å². The minimum atomic E-state index is 0.360. The normalized spacial score (nSPS) is 10.3. The first-order valence-electron chi connectivity index (χ1n) is 4.10. The smallest absolute Gasteiger partial charge is 0.147 e. The number of halogens is 3. The average molecular weight is 260 g/mol. The quantitative estimate of drug-likeness (QED) is 0.770. The Morgan fingerprint density at radius 3 is 2.27 bits per heavy atom. The second kappa shape index (κ2) is 4.35. The first-order chi connectivity index (χ1) is 7.16. The molecule has 76 valence electrons. The Morgan fingerprint density at radius 1 is 0.867 bits per heavy atom. The summed E-state index contributed by atoms with van der Waals surface area (Å²) in [7, 11) is 0. The van der Waals surface area contributed by atoms with E-state index in [2.05, 4.69) is 9.97 Å². The molecule has 1 heterocycles. The number of hydrogen-bond donors (Lipinski definition) is 0. The topological polar surface area (TPSA) is 25.8 Å². The molecule has 0 bridgehead atoms. The van der Waals surface area contributed by atoms with Crippen LogP contribution in [0.4, 0.5) is 0 Å². The zero-order valence-electron chi connectivity index (χ0n) is 7.42. The molecule has 0 amide bonds. The van der Waals surface area contributed by atoms with Gasteiger partial charge >= 0.3 is 0 Å². The lowest BCUT2D eigenvalue weighted by Gasteiger charge is -2.01. The Bertz CT molecular complexity index is 483. The first kappa shape index (κ1) is 10.7. The summed E-state index contributed by atoms with van der Waals surface area (Å²) in [6, 6.07) is 5.28. The summed E-state index contributed by atoms with van der Waals surface area (Å²) in [4.78, 5) is 8.06. The minimum absolute atomic E-state index is 0.360. The van der Waals surface area contributed by atoms with Gasteiger partial charge in [-0.3, -0.25) is 4.98 Å². The zero-order valence-corrected chi connectivity index (χ0v) is 9.68. The van der Waals surface area contributed by atoms with Crippen molar-refractivity contribution in [3.63, 3.8) is 0 Å². The van der Waals surface area contributed by atoms with Crippen LogP contribution in [-0.4, -0.2) is 9.97 Å². The van der Waals surface area contributed by atoms with E-state index in [0.29, 0.717) is 20.9 Å². The van der Waals surface area contributed by atoms with Crippen molar-refractivity contribution in [2.75, 3.05) is 0 Å². The van der Waals surface area contributed by atoms with Gasteiger partial charge < -0.3 is 0 Å². The van der Waals surface area contributed by atoms with Crippen LogP contribution in [0.15, 0.2) is 30.6 Å². The molecule has 0 saturated carbocycles. The molecule has 0 saturated heterocycles. The lowest BCUT2D eigenvalue weighted by Crippen LogP contribution is -1.85. The molecule has 2 nitrogen and oxygen atoms in total. The molecule has 0 aliphatic heterocycles. The van der Waals surface area contributed by atoms with Crippen LogP contribution in [0.1, 0.15) is 0 Å². The van der Waals surface area contributed by atoms with Crippen molar-refractivity contribution in [2.24, 2.45) is 0 Å². The maximum absolute atomic E-state index is 5.89. The van der Waals surface area contributed by atoms with Crippen molar-refractivity contribution >= 4 is 34.8 Å². The van der Waals surface area contributed by atoms with Crippen molar-refractivity contribution in [1.29, 1.82) is 0 Å². The van der Waals surface area contributed by atoms with Gasteiger partial charge in [-0.05, 0) is 12.1 Å². The molecule has 15 heavy (non-hydrogen) atoms. The summed E-state index contributed by atoms with van der Waals surface area (Å²) >= 11 is 17.3. The predicted octanol–water partition coefficient (Wildman–Crippen LogP) is 4.10. The van der Waals surface area contributed by atoms with Crippen molar-refractivity contribution < 1.29 is 0 Å². The molecule has 0 spiro atoms. The Labute approximate surface area is 102 Å². The maximum atomic E-state index is 5.89. The van der Waals surface area contributed by atoms with Crippen molar-refractivity contribution in [3.05, 3.63) is 45.8 Å². The van der Waals surface area contributed by atoms with Gasteiger partial charge in [0.25, 0.3) is 0 Å². The van der Waals surface area contributed by atoms with Gasteiger partial charge in [0.1, 0.15) is 5.15 Å². The van der Waals surface area contributed by atoms with Crippen molar-refractivity contribution in [1.82, 2.24) is 9.97 Å². The van der Waals surface area contributed by atoms with Gasteiger partial charge in [0.05, 0.1) is 28.1 Å². The van der Waals surface area contributed by atoms with Gasteiger partial charge in [-0.15, -0.1) is 0 Å². The monoisotopic (exact) mass is 258 g/mol. The van der Waals surface area contributed by atoms with E-state index < -0.39 is 0 Å². The van der Waals surface area contributed by atoms with Crippen LogP contribution in [0, 0.1) is 0 Å². The summed E-state index contributed by atoms with van der Waals surface area (Å²) in [6.07, 6.45) is 3.07. The molecule has 0 aliphatic carbocycles. The van der Waals surface area contributed by atoms with E-state index in [-0.39, 0.29) is 0 Å². The van der Waals surface area contributed by atoms with E-state index in [0.717, 1.165) is 5.56 Å². The number of nitrogens with zero attached hydrogens (tertiary/aromatic N) is 2. The Hall–Kier alpha value is -0.830. The molecule has 0 radical (unpaired) electrons. The second-order valence-corrected chi connectivity index (χ2v) is 4.05. The second-order valence-electron chi connectivity index (χ2n) is 2.85. The van der Waals surface area contributed by atoms with Crippen LogP contribution in [0.2, 0.25) is 15.2 Å². The summed E-state index contributed by atoms with van der Waals surface area (Å²) in [6.45, 7) is 0. The molecular formula is C10H5Cl3N2. The summed E-state index contributed by atoms with van der Waals surface area (Å²) < 4.78 is 0. The molecule has 5 heteroatoms. The van der Waals surface area contributed by atoms with Crippen LogP contribution < -0.4 is 0 Å². The molecular weight excluding hydrogens is 254 g/mol. The van der Waals surface area contributed by atoms with Crippen LogP contribution in [0.25, 0.3) is 11.3 Å². The highest BCUT2D eigenvalue weighted by atomic mass is 35.5. The molecule has 2 aromatic rings. The standard InChI is InChI=1S/C10H5Cl3N2/c11-7-2-1-6(3-8(7)12)9-4-15-10(13)5-14-9/h1-5H. The molecule has 0 unspecified atom stereocenters. The lowest BCUT2D eigenvalue weighted by atomic mass is 10.2. The van der Waals surface area contributed by atoms with E-state index in [1.54, 1.807) is 18.3 Å². The number of rotatable bonds is 1. The molecule has 0 N–H and O–H groups in total. The Morgan fingerprint density at radius 2 is 1.67 bits per heavy atom. The van der Waals surface area contributed by atoms with Gasteiger partial charge in [-0.2, -0.15) is 0 Å². The summed E-state index contributed by atoms with van der Waals surface area (Å²) in [5, 5.41) is 1.37. The van der Waals surface area contributed by atoms with Crippen molar-refractivity contribution in [3.8, 4) is 11.3 Å². The third kappa shape index (κ3) is 2.40. The van der Waals surface area contributed by atoms with E-state index in [4.69, 9.17) is 34.8 Å². The number of hydrogen-bond acceptors (Lipinski definition) is 2. The average Bonchev–Trinajstić information content (AvgIpc) is 2.23. The number of aromatic nitrogens is 2. The maximum Gasteiger partial charge on any atom is 0.147 e. The van der Waals surface area contributed by atoms with Crippen LogP contribution in [0.3, 0.4) is 0 Å². The fourth-order valence-electron chi connectivity index (χ4n) is 1.12. The molecule has 0 atom stereocenters. The van der Waals surface area contributed by atoms with Crippen LogP contribution >= 0.6 is 34.8 Å². The van der Waals surface area contributed by atoms with Gasteiger partial charge in [0.15, 0.2) is 0 Å². The van der Waals surface area contributed by atoms with E-state index in [1.807, 2.05) is 6.07 Å². The van der Waals surface area contributed by atoms with Gasteiger partial charge in [-0.1, -0.05) is 40.9 Å². The molecule has 2 rings (SSSR count). The summed E-state index contributed by atoms with van der Waals surface area (Å²) in [5.41, 5.74) is 1.56. The molecule has 0 aliphatic rings. The number of benzene rings is 1. The fraction of sp³-hybridized carbons (Fsp3) is 0. The largest absolute Gasteiger partial charge is 0.251 e. The van der Waals surface area contributed by atoms with Crippen LogP contribution in [-0.2, 0) is 0 Å². The highest BCUT2D eigenvalue weighted by Gasteiger charge is 2.03. The predicted molar refractivity (Wildman–Crippen MR) is 62.5 cm³/mol. The van der Waals surface area contributed by atoms with Gasteiger partial charge in [0.2, 0.25) is 0 Å². The molecule has 1 aromatic carbocycles.